The van der Waals surface area contributed by atoms with Gasteiger partial charge in [-0.05, 0) is 40.5 Å². The molecule has 1 heteroatoms. The van der Waals surface area contributed by atoms with Crippen LogP contribution in [0.4, 0.5) is 5.69 Å². The predicted molar refractivity (Wildman–Crippen MR) is 86.6 cm³/mol. The summed E-state index contributed by atoms with van der Waals surface area (Å²) in [5, 5.41) is 0. The Morgan fingerprint density at radius 2 is 1.68 bits per heavy atom. The van der Waals surface area contributed by atoms with Crippen LogP contribution in [0.25, 0.3) is 0 Å². The average Bonchev–Trinajstić information content (AvgIpc) is 2.24. The molecule has 0 unspecified atom stereocenters. The molecule has 0 saturated heterocycles. The first-order chi connectivity index (χ1) is 8.51. The molecule has 1 aromatic carbocycles. The summed E-state index contributed by atoms with van der Waals surface area (Å²) in [4.78, 5) is 4.57. The predicted octanol–water partition coefficient (Wildman–Crippen LogP) is 5.60. The number of hydrogen-bond donors (Lipinski definition) is 0. The summed E-state index contributed by atoms with van der Waals surface area (Å²) in [5.74, 6) is 0. The molecule has 0 aromatic heterocycles. The van der Waals surface area contributed by atoms with Crippen molar-refractivity contribution in [3.63, 3.8) is 0 Å². The van der Waals surface area contributed by atoms with Crippen molar-refractivity contribution in [3.05, 3.63) is 41.5 Å². The number of benzene rings is 1. The minimum absolute atomic E-state index is 0.0722. The fourth-order valence-electron chi connectivity index (χ4n) is 1.61. The van der Waals surface area contributed by atoms with Crippen molar-refractivity contribution in [2.45, 2.75) is 53.9 Å². The molecular formula is C18H27N. The van der Waals surface area contributed by atoms with E-state index in [-0.39, 0.29) is 10.8 Å². The van der Waals surface area contributed by atoms with Crippen molar-refractivity contribution in [2.75, 3.05) is 0 Å². The van der Waals surface area contributed by atoms with Crippen LogP contribution >= 0.6 is 0 Å². The Bertz CT molecular complexity index is 493. The maximum absolute atomic E-state index is 4.57. The number of aliphatic imine (C=N–C) groups is 1. The first kappa shape index (κ1) is 15.7. The van der Waals surface area contributed by atoms with Crippen LogP contribution in [0, 0.1) is 12.3 Å². The monoisotopic (exact) mass is 257 g/mol. The van der Waals surface area contributed by atoms with Crippen molar-refractivity contribution in [1.82, 2.24) is 0 Å². The van der Waals surface area contributed by atoms with Crippen molar-refractivity contribution in [2.24, 2.45) is 10.4 Å². The maximum Gasteiger partial charge on any atom is 0.0659 e. The first-order valence-electron chi connectivity index (χ1n) is 6.86. The highest BCUT2D eigenvalue weighted by molar-refractivity contribution is 5.82. The van der Waals surface area contributed by atoms with Crippen LogP contribution in [-0.2, 0) is 5.41 Å². The van der Waals surface area contributed by atoms with Crippen molar-refractivity contribution in [3.8, 4) is 0 Å². The average molecular weight is 257 g/mol. The Kier molecular flexibility index (Phi) is 4.39. The van der Waals surface area contributed by atoms with Crippen LogP contribution in [0.15, 0.2) is 35.3 Å². The number of rotatable bonds is 2. The van der Waals surface area contributed by atoms with Gasteiger partial charge < -0.3 is 0 Å². The van der Waals surface area contributed by atoms with E-state index in [1.54, 1.807) is 0 Å². The lowest BCUT2D eigenvalue weighted by atomic mass is 9.86. The lowest BCUT2D eigenvalue weighted by Crippen LogP contribution is -2.11. The van der Waals surface area contributed by atoms with E-state index in [1.807, 2.05) is 6.21 Å². The van der Waals surface area contributed by atoms with Gasteiger partial charge in [-0.25, -0.2) is 0 Å². The molecule has 104 valence electrons. The Morgan fingerprint density at radius 1 is 1.11 bits per heavy atom. The number of hydrogen-bond acceptors (Lipinski definition) is 1. The van der Waals surface area contributed by atoms with Crippen LogP contribution < -0.4 is 0 Å². The molecule has 1 nitrogen and oxygen atoms in total. The van der Waals surface area contributed by atoms with E-state index in [9.17, 15) is 0 Å². The second-order valence-corrected chi connectivity index (χ2v) is 7.28. The summed E-state index contributed by atoms with van der Waals surface area (Å²) in [6.07, 6.45) is 1.89. The summed E-state index contributed by atoms with van der Waals surface area (Å²) >= 11 is 0. The van der Waals surface area contributed by atoms with Crippen molar-refractivity contribution < 1.29 is 0 Å². The molecule has 0 amide bonds. The fourth-order valence-corrected chi connectivity index (χ4v) is 1.61. The highest BCUT2D eigenvalue weighted by Gasteiger charge is 2.15. The minimum atomic E-state index is 0.0722. The molecule has 0 spiro atoms. The summed E-state index contributed by atoms with van der Waals surface area (Å²) in [6.45, 7) is 19.3. The lowest BCUT2D eigenvalue weighted by molar-refractivity contribution is 0.528. The highest BCUT2D eigenvalue weighted by atomic mass is 14.7. The molecule has 0 atom stereocenters. The van der Waals surface area contributed by atoms with Crippen molar-refractivity contribution in [1.29, 1.82) is 0 Å². The van der Waals surface area contributed by atoms with Crippen LogP contribution in [-0.4, -0.2) is 6.21 Å². The summed E-state index contributed by atoms with van der Waals surface area (Å²) in [6, 6.07) is 6.49. The van der Waals surface area contributed by atoms with Gasteiger partial charge in [-0.1, -0.05) is 60.3 Å². The van der Waals surface area contributed by atoms with Crippen LogP contribution in [0.5, 0.6) is 0 Å². The summed E-state index contributed by atoms with van der Waals surface area (Å²) in [5.41, 5.74) is 4.89. The van der Waals surface area contributed by atoms with Gasteiger partial charge in [0.05, 0.1) is 5.69 Å². The van der Waals surface area contributed by atoms with Crippen LogP contribution in [0.1, 0.15) is 52.7 Å². The molecule has 0 N–H and O–H groups in total. The van der Waals surface area contributed by atoms with Crippen LogP contribution in [0.3, 0.4) is 0 Å². The molecule has 0 aliphatic carbocycles. The Hall–Kier alpha value is -1.37. The normalized spacial score (nSPS) is 13.0. The first-order valence-corrected chi connectivity index (χ1v) is 6.86. The van der Waals surface area contributed by atoms with Gasteiger partial charge in [0.1, 0.15) is 0 Å². The molecule has 0 heterocycles. The smallest absolute Gasteiger partial charge is 0.0659 e. The minimum Gasteiger partial charge on any atom is -0.256 e. The van der Waals surface area contributed by atoms with E-state index in [1.165, 1.54) is 11.1 Å². The zero-order valence-corrected chi connectivity index (χ0v) is 13.5. The van der Waals surface area contributed by atoms with E-state index >= 15 is 0 Å². The third kappa shape index (κ3) is 4.34. The van der Waals surface area contributed by atoms with Gasteiger partial charge in [0, 0.05) is 6.21 Å². The Labute approximate surface area is 118 Å². The molecule has 0 aliphatic rings. The number of nitrogens with zero attached hydrogens (tertiary/aromatic N) is 1. The van der Waals surface area contributed by atoms with Gasteiger partial charge in [-0.15, -0.1) is 0 Å². The van der Waals surface area contributed by atoms with Gasteiger partial charge in [0.2, 0.25) is 0 Å². The number of aryl methyl sites for hydroxylation is 1. The second-order valence-electron chi connectivity index (χ2n) is 7.28. The molecule has 19 heavy (non-hydrogen) atoms. The molecule has 1 aromatic rings. The Balaban J connectivity index is 2.99. The van der Waals surface area contributed by atoms with Crippen LogP contribution in [0.2, 0.25) is 0 Å². The maximum atomic E-state index is 4.57. The topological polar surface area (TPSA) is 12.4 Å². The zero-order chi connectivity index (χ0) is 14.8. The van der Waals surface area contributed by atoms with E-state index in [0.29, 0.717) is 0 Å². The highest BCUT2D eigenvalue weighted by Crippen LogP contribution is 2.28. The standard InChI is InChI=1S/C18H27N/c1-13-11-15(18(6,7)8)9-10-16(13)19-12-14(2)17(3,4)5/h9-12H,2H2,1,3-8H3. The van der Waals surface area contributed by atoms with Gasteiger partial charge in [-0.3, -0.25) is 4.99 Å². The van der Waals surface area contributed by atoms with Gasteiger partial charge in [0.25, 0.3) is 0 Å². The molecule has 0 aliphatic heterocycles. The summed E-state index contributed by atoms with van der Waals surface area (Å²) in [7, 11) is 0. The lowest BCUT2D eigenvalue weighted by Gasteiger charge is -2.20. The third-order valence-corrected chi connectivity index (χ3v) is 3.39. The van der Waals surface area contributed by atoms with Gasteiger partial charge in [0.15, 0.2) is 0 Å². The largest absolute Gasteiger partial charge is 0.256 e. The van der Waals surface area contributed by atoms with Crippen molar-refractivity contribution >= 4 is 11.9 Å². The summed E-state index contributed by atoms with van der Waals surface area (Å²) < 4.78 is 0. The number of allylic oxidation sites excluding steroid dienone is 1. The third-order valence-electron chi connectivity index (χ3n) is 3.39. The van der Waals surface area contributed by atoms with Gasteiger partial charge in [-0.2, -0.15) is 0 Å². The molecule has 0 bridgehead atoms. The fraction of sp³-hybridized carbons (Fsp3) is 0.500. The van der Waals surface area contributed by atoms with E-state index in [4.69, 9.17) is 0 Å². The van der Waals surface area contributed by atoms with Gasteiger partial charge >= 0.3 is 0 Å². The van der Waals surface area contributed by atoms with E-state index < -0.39 is 0 Å². The zero-order valence-electron chi connectivity index (χ0n) is 13.5. The SMILES string of the molecule is C=C(C=Nc1ccc(C(C)(C)C)cc1C)C(C)(C)C. The second kappa shape index (κ2) is 5.32. The molecule has 1 rings (SSSR count). The van der Waals surface area contributed by atoms with E-state index in [2.05, 4.69) is 78.2 Å². The quantitative estimate of drug-likeness (QED) is 0.612. The molecular weight excluding hydrogens is 230 g/mol. The molecule has 0 radical (unpaired) electrons. The molecule has 0 fully saturated rings. The van der Waals surface area contributed by atoms with E-state index in [0.717, 1.165) is 11.3 Å². The Morgan fingerprint density at radius 3 is 2.11 bits per heavy atom. The molecule has 0 saturated carbocycles.